The summed E-state index contributed by atoms with van der Waals surface area (Å²) in [5.41, 5.74) is -1.25. The van der Waals surface area contributed by atoms with Crippen molar-refractivity contribution in [3.8, 4) is 0 Å². The molecule has 1 unspecified atom stereocenters. The van der Waals surface area contributed by atoms with Gasteiger partial charge in [0.05, 0.1) is 9.35 Å². The lowest BCUT2D eigenvalue weighted by atomic mass is 10.0. The zero-order valence-corrected chi connectivity index (χ0v) is 11.6. The quantitative estimate of drug-likeness (QED) is 0.771. The third kappa shape index (κ3) is 3.16. The zero-order valence-electron chi connectivity index (χ0n) is 9.21. The molecule has 0 amide bonds. The van der Waals surface area contributed by atoms with Gasteiger partial charge >= 0.3 is 6.18 Å². The normalized spacial score (nSPS) is 13.6. The first kappa shape index (κ1) is 14.5. The molecule has 1 heterocycles. The van der Waals surface area contributed by atoms with E-state index < -0.39 is 23.7 Å². The molecule has 1 aromatic heterocycles. The average Bonchev–Trinajstić information content (AvgIpc) is 2.73. The fourth-order valence-electron chi connectivity index (χ4n) is 1.57. The standard InChI is InChI=1S/C12H7BrF4OS/c13-10-4-3-9(19-10)11(18)6-1-2-7(8(14)5-6)12(15,16)17/h1-5,11,18H. The molecule has 7 heteroatoms. The lowest BCUT2D eigenvalue weighted by Gasteiger charge is -2.12. The van der Waals surface area contributed by atoms with Crippen molar-refractivity contribution in [3.05, 3.63) is 55.9 Å². The summed E-state index contributed by atoms with van der Waals surface area (Å²) < 4.78 is 51.4. The minimum absolute atomic E-state index is 0.0832. The van der Waals surface area contributed by atoms with Crippen molar-refractivity contribution in [1.29, 1.82) is 0 Å². The van der Waals surface area contributed by atoms with E-state index in [9.17, 15) is 22.7 Å². The number of benzene rings is 1. The second kappa shape index (κ2) is 5.22. The van der Waals surface area contributed by atoms with Gasteiger partial charge in [-0.15, -0.1) is 11.3 Å². The zero-order chi connectivity index (χ0) is 14.2. The number of thiophene rings is 1. The van der Waals surface area contributed by atoms with Crippen molar-refractivity contribution in [2.45, 2.75) is 12.3 Å². The van der Waals surface area contributed by atoms with Crippen LogP contribution in [-0.4, -0.2) is 5.11 Å². The van der Waals surface area contributed by atoms with Crippen LogP contribution in [-0.2, 0) is 6.18 Å². The molecule has 0 aliphatic rings. The van der Waals surface area contributed by atoms with Crippen LogP contribution in [0.5, 0.6) is 0 Å². The molecule has 1 aromatic carbocycles. The van der Waals surface area contributed by atoms with Crippen LogP contribution in [0.15, 0.2) is 34.1 Å². The largest absolute Gasteiger partial charge is 0.419 e. The molecule has 0 aliphatic heterocycles. The van der Waals surface area contributed by atoms with Gasteiger partial charge in [-0.1, -0.05) is 6.07 Å². The fourth-order valence-corrected chi connectivity index (χ4v) is 3.01. The molecular formula is C12H7BrF4OS. The maximum Gasteiger partial charge on any atom is 0.419 e. The molecular weight excluding hydrogens is 348 g/mol. The van der Waals surface area contributed by atoms with Gasteiger partial charge in [0, 0.05) is 4.88 Å². The maximum atomic E-state index is 13.4. The number of aliphatic hydroxyl groups is 1. The van der Waals surface area contributed by atoms with E-state index in [1.807, 2.05) is 0 Å². The molecule has 0 fully saturated rings. The highest BCUT2D eigenvalue weighted by Crippen LogP contribution is 2.35. The Labute approximate surface area is 118 Å². The Bertz CT molecular complexity index is 594. The molecule has 1 nitrogen and oxygen atoms in total. The van der Waals surface area contributed by atoms with Crippen LogP contribution in [0.25, 0.3) is 0 Å². The molecule has 2 aromatic rings. The van der Waals surface area contributed by atoms with Crippen molar-refractivity contribution in [2.75, 3.05) is 0 Å². The van der Waals surface area contributed by atoms with Crippen molar-refractivity contribution in [3.63, 3.8) is 0 Å². The number of hydrogen-bond donors (Lipinski definition) is 1. The van der Waals surface area contributed by atoms with E-state index in [1.54, 1.807) is 12.1 Å². The molecule has 19 heavy (non-hydrogen) atoms. The Hall–Kier alpha value is -0.920. The van der Waals surface area contributed by atoms with E-state index in [1.165, 1.54) is 11.3 Å². The van der Waals surface area contributed by atoms with E-state index in [4.69, 9.17) is 0 Å². The van der Waals surface area contributed by atoms with Gasteiger partial charge in [0.15, 0.2) is 0 Å². The van der Waals surface area contributed by atoms with E-state index in [0.717, 1.165) is 9.85 Å². The molecule has 1 N–H and O–H groups in total. The van der Waals surface area contributed by atoms with Crippen LogP contribution in [0.4, 0.5) is 17.6 Å². The fraction of sp³-hybridized carbons (Fsp3) is 0.167. The Morgan fingerprint density at radius 3 is 2.32 bits per heavy atom. The van der Waals surface area contributed by atoms with Crippen molar-refractivity contribution >= 4 is 27.3 Å². The molecule has 102 valence electrons. The van der Waals surface area contributed by atoms with Crippen molar-refractivity contribution in [2.24, 2.45) is 0 Å². The molecule has 0 radical (unpaired) electrons. The molecule has 0 bridgehead atoms. The molecule has 0 saturated carbocycles. The number of aliphatic hydroxyl groups excluding tert-OH is 1. The van der Waals surface area contributed by atoms with E-state index in [2.05, 4.69) is 15.9 Å². The lowest BCUT2D eigenvalue weighted by molar-refractivity contribution is -0.140. The summed E-state index contributed by atoms with van der Waals surface area (Å²) in [6.07, 6.45) is -5.88. The summed E-state index contributed by atoms with van der Waals surface area (Å²) >= 11 is 4.44. The van der Waals surface area contributed by atoms with Crippen LogP contribution in [0.3, 0.4) is 0 Å². The number of halogens is 5. The summed E-state index contributed by atoms with van der Waals surface area (Å²) in [6, 6.07) is 5.74. The molecule has 0 aliphatic carbocycles. The third-order valence-electron chi connectivity index (χ3n) is 2.48. The van der Waals surface area contributed by atoms with Crippen LogP contribution in [0.1, 0.15) is 22.1 Å². The van der Waals surface area contributed by atoms with Gasteiger partial charge < -0.3 is 5.11 Å². The Morgan fingerprint density at radius 1 is 1.16 bits per heavy atom. The van der Waals surface area contributed by atoms with Crippen LogP contribution in [0, 0.1) is 5.82 Å². The first-order valence-electron chi connectivity index (χ1n) is 5.09. The Kier molecular flexibility index (Phi) is 3.98. The number of hydrogen-bond acceptors (Lipinski definition) is 2. The molecule has 0 saturated heterocycles. The SMILES string of the molecule is OC(c1ccc(C(F)(F)F)c(F)c1)c1ccc(Br)s1. The first-order valence-corrected chi connectivity index (χ1v) is 6.70. The van der Waals surface area contributed by atoms with E-state index in [0.29, 0.717) is 17.0 Å². The van der Waals surface area contributed by atoms with Gasteiger partial charge in [-0.2, -0.15) is 13.2 Å². The summed E-state index contributed by atoms with van der Waals surface area (Å²) in [7, 11) is 0. The van der Waals surface area contributed by atoms with Gasteiger partial charge in [0.2, 0.25) is 0 Å². The predicted octanol–water partition coefficient (Wildman–Crippen LogP) is 4.75. The van der Waals surface area contributed by atoms with Crippen LogP contribution in [0.2, 0.25) is 0 Å². The second-order valence-electron chi connectivity index (χ2n) is 3.78. The lowest BCUT2D eigenvalue weighted by Crippen LogP contribution is -2.09. The molecule has 2 rings (SSSR count). The summed E-state index contributed by atoms with van der Waals surface area (Å²) in [5.74, 6) is -1.39. The average molecular weight is 355 g/mol. The molecule has 1 atom stereocenters. The highest BCUT2D eigenvalue weighted by molar-refractivity contribution is 9.11. The third-order valence-corrected chi connectivity index (χ3v) is 4.15. The van der Waals surface area contributed by atoms with E-state index in [-0.39, 0.29) is 5.56 Å². The maximum absolute atomic E-state index is 13.4. The summed E-state index contributed by atoms with van der Waals surface area (Å²) in [5, 5.41) is 9.96. The van der Waals surface area contributed by atoms with Gasteiger partial charge in [-0.25, -0.2) is 4.39 Å². The summed E-state index contributed by atoms with van der Waals surface area (Å²) in [4.78, 5) is 0.519. The van der Waals surface area contributed by atoms with Gasteiger partial charge in [0.25, 0.3) is 0 Å². The minimum Gasteiger partial charge on any atom is -0.383 e. The number of alkyl halides is 3. The summed E-state index contributed by atoms with van der Waals surface area (Å²) in [6.45, 7) is 0. The van der Waals surface area contributed by atoms with E-state index >= 15 is 0 Å². The van der Waals surface area contributed by atoms with Gasteiger partial charge in [-0.3, -0.25) is 0 Å². The smallest absolute Gasteiger partial charge is 0.383 e. The second-order valence-corrected chi connectivity index (χ2v) is 6.28. The highest BCUT2D eigenvalue weighted by Gasteiger charge is 2.34. The van der Waals surface area contributed by atoms with Crippen LogP contribution >= 0.6 is 27.3 Å². The topological polar surface area (TPSA) is 20.2 Å². The van der Waals surface area contributed by atoms with Crippen molar-refractivity contribution in [1.82, 2.24) is 0 Å². The van der Waals surface area contributed by atoms with Crippen LogP contribution < -0.4 is 0 Å². The monoisotopic (exact) mass is 354 g/mol. The first-order chi connectivity index (χ1) is 8.79. The van der Waals surface area contributed by atoms with Crippen molar-refractivity contribution < 1.29 is 22.7 Å². The van der Waals surface area contributed by atoms with Gasteiger partial charge in [0.1, 0.15) is 11.9 Å². The number of rotatable bonds is 2. The highest BCUT2D eigenvalue weighted by atomic mass is 79.9. The Balaban J connectivity index is 2.35. The minimum atomic E-state index is -4.74. The van der Waals surface area contributed by atoms with Gasteiger partial charge in [-0.05, 0) is 45.8 Å². The Morgan fingerprint density at radius 2 is 1.84 bits per heavy atom. The predicted molar refractivity (Wildman–Crippen MR) is 67.5 cm³/mol. The molecule has 0 spiro atoms.